The van der Waals surface area contributed by atoms with E-state index in [1.807, 2.05) is 94.7 Å². The number of carbonyl (C=O) groups excluding carboxylic acids is 7. The number of nitrogens with two attached hydrogens (primary N) is 1. The van der Waals surface area contributed by atoms with Gasteiger partial charge in [0.25, 0.3) is 0 Å². The van der Waals surface area contributed by atoms with Crippen molar-refractivity contribution >= 4 is 70.2 Å². The van der Waals surface area contributed by atoms with Crippen LogP contribution in [0.2, 0.25) is 5.02 Å². The SMILES string of the molecule is Cc1ncsc1-c1ccc([C@H](C)NC(=O)[C@@H]2C[C@@H](O)CN2C(=O)[C@@H](NC(=O)CCCCCc2ccc(Cl)c(OC[C@H](CCC(N)=O)NC(=O)[C@@H]3Cc4cccc5c4N3C(=O)[C@@H](NC(=O)OC(C)(C)C)CC5)c2)C(C)(C)C)cc1. The maximum Gasteiger partial charge on any atom is 0.408 e. The topological polar surface area (TPSA) is 252 Å². The van der Waals surface area contributed by atoms with Crippen LogP contribution in [-0.2, 0) is 52.8 Å². The Labute approximate surface area is 465 Å². The zero-order valence-corrected chi connectivity index (χ0v) is 47.5. The van der Waals surface area contributed by atoms with Gasteiger partial charge in [0.2, 0.25) is 35.4 Å². The van der Waals surface area contributed by atoms with Crippen molar-refractivity contribution in [3.8, 4) is 16.2 Å². The Kier molecular flexibility index (Phi) is 19.3. The predicted octanol–water partition coefficient (Wildman–Crippen LogP) is 7.17. The minimum atomic E-state index is -0.948. The van der Waals surface area contributed by atoms with E-state index in [1.54, 1.807) is 38.2 Å². The molecule has 1 saturated heterocycles. The van der Waals surface area contributed by atoms with Gasteiger partial charge in [0, 0.05) is 32.2 Å². The number of para-hydroxylation sites is 1. The summed E-state index contributed by atoms with van der Waals surface area (Å²) < 4.78 is 11.7. The second-order valence-corrected chi connectivity index (χ2v) is 24.1. The number of primary amides is 1. The highest BCUT2D eigenvalue weighted by atomic mass is 35.5. The molecule has 0 aliphatic carbocycles. The van der Waals surface area contributed by atoms with Crippen LogP contribution in [0.5, 0.6) is 5.75 Å². The van der Waals surface area contributed by atoms with Crippen LogP contribution in [0.25, 0.3) is 10.4 Å². The van der Waals surface area contributed by atoms with Crippen LogP contribution in [0.1, 0.15) is 134 Å². The summed E-state index contributed by atoms with van der Waals surface area (Å²) in [5.74, 6) is -2.17. The van der Waals surface area contributed by atoms with Gasteiger partial charge in [0.05, 0.1) is 45.0 Å². The average molecular weight is 1110 g/mol. The number of nitrogens with one attached hydrogen (secondary N) is 4. The minimum absolute atomic E-state index is 0.0290. The third kappa shape index (κ3) is 15.2. The lowest BCUT2D eigenvalue weighted by molar-refractivity contribution is -0.144. The number of alkyl carbamates (subject to hydrolysis) is 1. The van der Waals surface area contributed by atoms with E-state index in [0.717, 1.165) is 44.8 Å². The summed E-state index contributed by atoms with van der Waals surface area (Å²) in [6.07, 6.45) is 2.39. The number of ether oxygens (including phenoxy) is 2. The molecule has 420 valence electrons. The van der Waals surface area contributed by atoms with E-state index in [9.17, 15) is 38.7 Å². The van der Waals surface area contributed by atoms with Crippen LogP contribution in [0.4, 0.5) is 10.5 Å². The number of aryl methyl sites for hydroxylation is 3. The second-order valence-electron chi connectivity index (χ2n) is 22.8. The van der Waals surface area contributed by atoms with E-state index >= 15 is 0 Å². The summed E-state index contributed by atoms with van der Waals surface area (Å²) in [5, 5.41) is 22.8. The van der Waals surface area contributed by atoms with Gasteiger partial charge >= 0.3 is 6.09 Å². The second kappa shape index (κ2) is 25.5. The fourth-order valence-corrected chi connectivity index (χ4v) is 11.3. The quantitative estimate of drug-likeness (QED) is 0.0456. The first-order valence-corrected chi connectivity index (χ1v) is 28.1. The highest BCUT2D eigenvalue weighted by Crippen LogP contribution is 2.40. The Hall–Kier alpha value is -6.57. The number of thiazole rings is 1. The first kappa shape index (κ1) is 59.1. The summed E-state index contributed by atoms with van der Waals surface area (Å²) in [6, 6.07) is 14.2. The summed E-state index contributed by atoms with van der Waals surface area (Å²) in [5.41, 5.74) is 12.1. The molecule has 0 saturated carbocycles. The van der Waals surface area contributed by atoms with Crippen molar-refractivity contribution < 1.29 is 48.1 Å². The average Bonchev–Trinajstić information content (AvgIpc) is 4.28. The Morgan fingerprint density at radius 3 is 2.31 bits per heavy atom. The highest BCUT2D eigenvalue weighted by Gasteiger charge is 2.46. The van der Waals surface area contributed by atoms with Crippen molar-refractivity contribution in [1.29, 1.82) is 0 Å². The maximum absolute atomic E-state index is 14.2. The number of nitrogens with zero attached hydrogens (tertiary/aromatic N) is 3. The Morgan fingerprint density at radius 2 is 1.63 bits per heavy atom. The van der Waals surface area contributed by atoms with E-state index in [-0.39, 0.29) is 63.1 Å². The molecule has 0 bridgehead atoms. The highest BCUT2D eigenvalue weighted by molar-refractivity contribution is 7.13. The van der Waals surface area contributed by atoms with Gasteiger partial charge in [-0.15, -0.1) is 11.3 Å². The van der Waals surface area contributed by atoms with Gasteiger partial charge in [-0.05, 0) is 119 Å². The molecule has 3 aliphatic heterocycles. The monoisotopic (exact) mass is 1110 g/mol. The fraction of sp³-hybridized carbons (Fsp3) is 0.517. The van der Waals surface area contributed by atoms with Gasteiger partial charge in [-0.25, -0.2) is 9.78 Å². The lowest BCUT2D eigenvalue weighted by atomic mass is 9.85. The summed E-state index contributed by atoms with van der Waals surface area (Å²) in [4.78, 5) is 103. The maximum atomic E-state index is 14.2. The number of anilines is 1. The van der Waals surface area contributed by atoms with Crippen molar-refractivity contribution in [2.45, 2.75) is 174 Å². The normalized spacial score (nSPS) is 19.2. The van der Waals surface area contributed by atoms with Crippen LogP contribution in [0.15, 0.2) is 66.2 Å². The van der Waals surface area contributed by atoms with Gasteiger partial charge < -0.3 is 46.5 Å². The number of likely N-dealkylation sites (tertiary alicyclic amines) is 1. The minimum Gasteiger partial charge on any atom is -0.490 e. The number of halogens is 1. The van der Waals surface area contributed by atoms with Crippen LogP contribution < -0.4 is 36.6 Å². The van der Waals surface area contributed by atoms with Crippen molar-refractivity contribution in [3.05, 3.63) is 99.1 Å². The molecule has 20 heteroatoms. The number of amides is 7. The predicted molar refractivity (Wildman–Crippen MR) is 299 cm³/mol. The van der Waals surface area contributed by atoms with Crippen LogP contribution in [-0.4, -0.2) is 112 Å². The molecule has 7 amide bonds. The molecule has 7 N–H and O–H groups in total. The van der Waals surface area contributed by atoms with Crippen LogP contribution >= 0.6 is 22.9 Å². The van der Waals surface area contributed by atoms with Gasteiger partial charge in [0.15, 0.2) is 0 Å². The first-order chi connectivity index (χ1) is 36.9. The fourth-order valence-electron chi connectivity index (χ4n) is 10.3. The molecule has 0 spiro atoms. The summed E-state index contributed by atoms with van der Waals surface area (Å²) in [6.45, 7) is 14.5. The number of aliphatic hydroxyl groups excluding tert-OH is 1. The number of hydrogen-bond donors (Lipinski definition) is 6. The van der Waals surface area contributed by atoms with E-state index < -0.39 is 77.1 Å². The van der Waals surface area contributed by atoms with Crippen molar-refractivity contribution in [1.82, 2.24) is 31.2 Å². The molecule has 1 fully saturated rings. The van der Waals surface area contributed by atoms with Gasteiger partial charge in [-0.2, -0.15) is 0 Å². The molecule has 3 aromatic carbocycles. The van der Waals surface area contributed by atoms with Crippen LogP contribution in [0, 0.1) is 12.3 Å². The number of aliphatic hydroxyl groups is 1. The lowest BCUT2D eigenvalue weighted by Crippen LogP contribution is -2.57. The van der Waals surface area contributed by atoms with Crippen molar-refractivity contribution in [2.75, 3.05) is 18.1 Å². The summed E-state index contributed by atoms with van der Waals surface area (Å²) >= 11 is 8.18. The zero-order chi connectivity index (χ0) is 56.6. The molecule has 4 heterocycles. The standard InChI is InChI=1S/C58H75ClN8O10S/c1-33(36-18-20-38(21-19-36)50-34(2)61-32-78-50)62-52(71)44-29-41(68)30-66(44)55(74)51(57(3,4)5)65-48(70)16-11-9-10-13-35-17-24-42(59)46(27-35)76-31-40(23-26-47(60)69)63-53(72)45-28-39-15-12-14-37-22-25-43(54(73)67(45)49(37)39)64-56(75)77-58(6,7)8/h12,14-15,17-21,24,27,32-33,40-41,43-45,51,68H,9-11,13,16,22-23,25-26,28-31H2,1-8H3,(H2,60,69)(H,62,71)(H,63,72)(H,64,75)(H,65,70)/t33-,40-,41+,43-,44-,45-,51+/m0/s1. The summed E-state index contributed by atoms with van der Waals surface area (Å²) in [7, 11) is 0. The Balaban J connectivity index is 0.900. The number of carbonyl (C=O) groups is 7. The molecule has 7 rings (SSSR count). The smallest absolute Gasteiger partial charge is 0.408 e. The number of hydrogen-bond acceptors (Lipinski definition) is 12. The molecule has 1 aromatic heterocycles. The molecule has 0 radical (unpaired) electrons. The number of β-amino-alcohol motifs (C(OH)–C–C–N with tert-alkyl or cyclic N) is 1. The largest absolute Gasteiger partial charge is 0.490 e. The Morgan fingerprint density at radius 1 is 0.910 bits per heavy atom. The van der Waals surface area contributed by atoms with Crippen LogP contribution in [0.3, 0.4) is 0 Å². The number of rotatable bonds is 21. The molecule has 18 nitrogen and oxygen atoms in total. The van der Waals surface area contributed by atoms with Crippen molar-refractivity contribution in [3.63, 3.8) is 0 Å². The van der Waals surface area contributed by atoms with Crippen molar-refractivity contribution in [2.24, 2.45) is 11.1 Å². The van der Waals surface area contributed by atoms with E-state index in [1.165, 1.54) is 9.80 Å². The molecule has 4 aromatic rings. The molecular formula is C58H75ClN8O10S. The van der Waals surface area contributed by atoms with E-state index in [2.05, 4.69) is 26.3 Å². The molecule has 3 aliphatic rings. The molecule has 78 heavy (non-hydrogen) atoms. The van der Waals surface area contributed by atoms with E-state index in [4.69, 9.17) is 26.8 Å². The number of benzene rings is 3. The third-order valence-corrected chi connectivity index (χ3v) is 15.6. The first-order valence-electron chi connectivity index (χ1n) is 26.9. The molecular weight excluding hydrogens is 1040 g/mol. The van der Waals surface area contributed by atoms with Gasteiger partial charge in [-0.3, -0.25) is 33.7 Å². The lowest BCUT2D eigenvalue weighted by Gasteiger charge is -2.35. The van der Waals surface area contributed by atoms with Gasteiger partial charge in [0.1, 0.15) is 42.1 Å². The number of unbranched alkanes of at least 4 members (excludes halogenated alkanes) is 2. The van der Waals surface area contributed by atoms with Gasteiger partial charge in [-0.1, -0.05) is 87.3 Å². The van der Waals surface area contributed by atoms with E-state index in [0.29, 0.717) is 48.6 Å². The number of aromatic nitrogens is 1. The third-order valence-electron chi connectivity index (χ3n) is 14.4. The molecule has 7 atom stereocenters. The Bertz CT molecular complexity index is 2850. The molecule has 0 unspecified atom stereocenters. The zero-order valence-electron chi connectivity index (χ0n) is 45.9.